The molecular weight excluding hydrogens is 443 g/mol. The normalized spacial score (nSPS) is 14.4. The van der Waals surface area contributed by atoms with Gasteiger partial charge in [-0.15, -0.1) is 0 Å². The van der Waals surface area contributed by atoms with Crippen molar-refractivity contribution in [3.8, 4) is 11.4 Å². The second-order valence-corrected chi connectivity index (χ2v) is 9.98. The first-order valence-electron chi connectivity index (χ1n) is 9.44. The van der Waals surface area contributed by atoms with Gasteiger partial charge in [0.15, 0.2) is 9.84 Å². The minimum atomic E-state index is -3.47. The van der Waals surface area contributed by atoms with Gasteiger partial charge in [0.2, 0.25) is 0 Å². The Bertz CT molecular complexity index is 1250. The lowest BCUT2D eigenvalue weighted by Crippen LogP contribution is -2.48. The van der Waals surface area contributed by atoms with Crippen LogP contribution in [0.2, 0.25) is 5.02 Å². The van der Waals surface area contributed by atoms with Crippen LogP contribution in [0.25, 0.3) is 11.4 Å². The number of nitrogens with zero attached hydrogens (tertiary/aromatic N) is 3. The molecule has 1 fully saturated rings. The fraction of sp³-hybridized carbons (Fsp3) is 0.238. The van der Waals surface area contributed by atoms with Gasteiger partial charge in [-0.2, -0.15) is 0 Å². The Morgan fingerprint density at radius 3 is 2.58 bits per heavy atom. The van der Waals surface area contributed by atoms with Crippen LogP contribution >= 0.6 is 11.6 Å². The van der Waals surface area contributed by atoms with Crippen LogP contribution in [0.4, 0.5) is 15.8 Å². The zero-order chi connectivity index (χ0) is 22.3. The average molecular weight is 463 g/mol. The van der Waals surface area contributed by atoms with Gasteiger partial charge in [-0.25, -0.2) is 12.8 Å². The molecule has 1 amide bonds. The number of amides is 1. The van der Waals surface area contributed by atoms with Gasteiger partial charge < -0.3 is 14.8 Å². The Kier molecular flexibility index (Phi) is 5.49. The highest BCUT2D eigenvalue weighted by Gasteiger charge is 2.26. The number of carbonyl (C=O) groups is 1. The first-order chi connectivity index (χ1) is 14.6. The summed E-state index contributed by atoms with van der Waals surface area (Å²) >= 11 is 6.00. The SMILES string of the molecule is Cn1cc(C(=O)Nc2cc(Cl)cc(S(C)(=O)=O)c2)cc1-c1ccc(N2CC(F)C2)cn1. The van der Waals surface area contributed by atoms with E-state index in [1.54, 1.807) is 30.1 Å². The number of pyridine rings is 1. The Labute approximate surface area is 184 Å². The Morgan fingerprint density at radius 1 is 1.23 bits per heavy atom. The fourth-order valence-electron chi connectivity index (χ4n) is 3.36. The number of hydrogen-bond acceptors (Lipinski definition) is 5. The molecule has 162 valence electrons. The topological polar surface area (TPSA) is 84.3 Å². The van der Waals surface area contributed by atoms with Gasteiger partial charge in [0.1, 0.15) is 6.17 Å². The third kappa shape index (κ3) is 4.57. The van der Waals surface area contributed by atoms with Gasteiger partial charge in [-0.3, -0.25) is 9.78 Å². The summed E-state index contributed by atoms with van der Waals surface area (Å²) in [5.74, 6) is -0.408. The number of hydrogen-bond donors (Lipinski definition) is 1. The van der Waals surface area contributed by atoms with E-state index in [1.165, 1.54) is 18.2 Å². The molecular formula is C21H20ClFN4O3S. The van der Waals surface area contributed by atoms with Crippen LogP contribution in [-0.4, -0.2) is 49.4 Å². The number of sulfone groups is 1. The Hall–Kier alpha value is -2.91. The molecule has 0 unspecified atom stereocenters. The maximum absolute atomic E-state index is 13.0. The van der Waals surface area contributed by atoms with Crippen molar-refractivity contribution in [2.45, 2.75) is 11.1 Å². The molecule has 1 aromatic carbocycles. The van der Waals surface area contributed by atoms with Crippen LogP contribution < -0.4 is 10.2 Å². The lowest BCUT2D eigenvalue weighted by atomic mass is 10.1. The number of nitrogens with one attached hydrogen (secondary N) is 1. The standard InChI is InChI=1S/C21H20ClFN4O3S/c1-26-10-13(21(28)25-16-6-14(22)7-18(8-16)31(2,29)30)5-20(26)19-4-3-17(9-24-19)27-11-15(23)12-27/h3-10,15H,11-12H2,1-2H3,(H,25,28). The third-order valence-electron chi connectivity index (χ3n) is 5.04. The molecule has 10 heteroatoms. The lowest BCUT2D eigenvalue weighted by Gasteiger charge is -2.36. The van der Waals surface area contributed by atoms with E-state index in [0.717, 1.165) is 17.6 Å². The summed E-state index contributed by atoms with van der Waals surface area (Å²) in [7, 11) is -1.67. The van der Waals surface area contributed by atoms with E-state index < -0.39 is 21.9 Å². The fourth-order valence-corrected chi connectivity index (χ4v) is 4.34. The predicted molar refractivity (Wildman–Crippen MR) is 118 cm³/mol. The summed E-state index contributed by atoms with van der Waals surface area (Å²) in [6, 6.07) is 9.57. The number of benzene rings is 1. The second-order valence-electron chi connectivity index (χ2n) is 7.53. The van der Waals surface area contributed by atoms with Crippen molar-refractivity contribution in [3.05, 3.63) is 59.4 Å². The monoisotopic (exact) mass is 462 g/mol. The van der Waals surface area contributed by atoms with Gasteiger partial charge in [-0.05, 0) is 36.4 Å². The molecule has 31 heavy (non-hydrogen) atoms. The van der Waals surface area contributed by atoms with Crippen LogP contribution in [0.3, 0.4) is 0 Å². The zero-order valence-electron chi connectivity index (χ0n) is 16.8. The van der Waals surface area contributed by atoms with Crippen molar-refractivity contribution in [3.63, 3.8) is 0 Å². The molecule has 0 spiro atoms. The number of anilines is 2. The van der Waals surface area contributed by atoms with Gasteiger partial charge >= 0.3 is 0 Å². The van der Waals surface area contributed by atoms with Crippen LogP contribution in [0.5, 0.6) is 0 Å². The molecule has 1 aliphatic rings. The zero-order valence-corrected chi connectivity index (χ0v) is 18.4. The molecule has 0 bridgehead atoms. The molecule has 2 aromatic heterocycles. The summed E-state index contributed by atoms with van der Waals surface area (Å²) in [4.78, 5) is 19.1. The van der Waals surface area contributed by atoms with Crippen LogP contribution in [0.15, 0.2) is 53.7 Å². The maximum Gasteiger partial charge on any atom is 0.257 e. The minimum absolute atomic E-state index is 0.0228. The van der Waals surface area contributed by atoms with Crippen molar-refractivity contribution in [2.24, 2.45) is 7.05 Å². The Balaban J connectivity index is 1.54. The van der Waals surface area contributed by atoms with Crippen molar-refractivity contribution >= 4 is 38.7 Å². The van der Waals surface area contributed by atoms with Crippen molar-refractivity contribution < 1.29 is 17.6 Å². The molecule has 3 heterocycles. The van der Waals surface area contributed by atoms with Crippen molar-refractivity contribution in [2.75, 3.05) is 29.6 Å². The van der Waals surface area contributed by atoms with E-state index in [1.807, 2.05) is 17.0 Å². The predicted octanol–water partition coefficient (Wildman–Crippen LogP) is 3.55. The molecule has 4 rings (SSSR count). The number of aromatic nitrogens is 2. The molecule has 3 aromatic rings. The second kappa shape index (κ2) is 7.97. The van der Waals surface area contributed by atoms with E-state index in [0.29, 0.717) is 24.3 Å². The highest BCUT2D eigenvalue weighted by atomic mass is 35.5. The molecule has 1 saturated heterocycles. The van der Waals surface area contributed by atoms with Gasteiger partial charge in [0.25, 0.3) is 5.91 Å². The van der Waals surface area contributed by atoms with Gasteiger partial charge in [-0.1, -0.05) is 11.6 Å². The summed E-state index contributed by atoms with van der Waals surface area (Å²) in [5, 5.41) is 2.89. The van der Waals surface area contributed by atoms with Gasteiger partial charge in [0.05, 0.1) is 46.8 Å². The highest BCUT2D eigenvalue weighted by molar-refractivity contribution is 7.90. The summed E-state index contributed by atoms with van der Waals surface area (Å²) in [5.41, 5.74) is 2.92. The largest absolute Gasteiger partial charge is 0.364 e. The number of aryl methyl sites for hydroxylation is 1. The first kappa shape index (κ1) is 21.3. The highest BCUT2D eigenvalue weighted by Crippen LogP contribution is 2.27. The minimum Gasteiger partial charge on any atom is -0.364 e. The molecule has 1 aliphatic heterocycles. The summed E-state index contributed by atoms with van der Waals surface area (Å²) in [6.45, 7) is 0.750. The summed E-state index contributed by atoms with van der Waals surface area (Å²) < 4.78 is 38.4. The van der Waals surface area contributed by atoms with Crippen molar-refractivity contribution in [1.82, 2.24) is 9.55 Å². The van der Waals surface area contributed by atoms with Crippen molar-refractivity contribution in [1.29, 1.82) is 0 Å². The van der Waals surface area contributed by atoms with Gasteiger partial charge in [0, 0.05) is 30.2 Å². The van der Waals surface area contributed by atoms with Crippen LogP contribution in [-0.2, 0) is 16.9 Å². The van der Waals surface area contributed by atoms with Crippen LogP contribution in [0, 0.1) is 0 Å². The van der Waals surface area contributed by atoms with E-state index >= 15 is 0 Å². The van der Waals surface area contributed by atoms with E-state index in [2.05, 4.69) is 10.3 Å². The molecule has 0 saturated carbocycles. The Morgan fingerprint density at radius 2 is 1.97 bits per heavy atom. The molecule has 0 atom stereocenters. The number of carbonyl (C=O) groups excluding carboxylic acids is 1. The number of halogens is 2. The van der Waals surface area contributed by atoms with Crippen LogP contribution in [0.1, 0.15) is 10.4 Å². The van der Waals surface area contributed by atoms with E-state index in [-0.39, 0.29) is 15.6 Å². The number of alkyl halides is 1. The smallest absolute Gasteiger partial charge is 0.257 e. The maximum atomic E-state index is 13.0. The molecule has 0 radical (unpaired) electrons. The van der Waals surface area contributed by atoms with E-state index in [9.17, 15) is 17.6 Å². The number of rotatable bonds is 5. The lowest BCUT2D eigenvalue weighted by molar-refractivity contribution is 0.102. The first-order valence-corrected chi connectivity index (χ1v) is 11.7. The summed E-state index contributed by atoms with van der Waals surface area (Å²) in [6.07, 6.45) is 3.63. The quantitative estimate of drug-likeness (QED) is 0.626. The average Bonchev–Trinajstić information content (AvgIpc) is 3.06. The molecule has 7 nitrogen and oxygen atoms in total. The third-order valence-corrected chi connectivity index (χ3v) is 6.35. The molecule has 0 aliphatic carbocycles. The molecule has 1 N–H and O–H groups in total. The van der Waals surface area contributed by atoms with E-state index in [4.69, 9.17) is 11.6 Å².